The summed E-state index contributed by atoms with van der Waals surface area (Å²) in [4.78, 5) is 38.9. The maximum absolute atomic E-state index is 13.3. The number of carbonyl (C=O) groups excluding carboxylic acids is 2. The van der Waals surface area contributed by atoms with Gasteiger partial charge in [-0.25, -0.2) is 14.4 Å². The van der Waals surface area contributed by atoms with Crippen LogP contribution in [0, 0.1) is 18.7 Å². The molecule has 5 rings (SSSR count). The van der Waals surface area contributed by atoms with Crippen molar-refractivity contribution in [1.29, 1.82) is 0 Å². The monoisotopic (exact) mass is 454 g/mol. The summed E-state index contributed by atoms with van der Waals surface area (Å²) in [5.41, 5.74) is 1.25. The summed E-state index contributed by atoms with van der Waals surface area (Å²) in [6.07, 6.45) is 0.769. The Morgan fingerprint density at radius 1 is 1.12 bits per heavy atom. The molecule has 0 bridgehead atoms. The first-order valence-electron chi connectivity index (χ1n) is 10.6. The largest absolute Gasteiger partial charge is 0.328 e. The van der Waals surface area contributed by atoms with Gasteiger partial charge in [0, 0.05) is 31.1 Å². The van der Waals surface area contributed by atoms with Crippen LogP contribution in [0.25, 0.3) is 10.8 Å². The van der Waals surface area contributed by atoms with E-state index in [1.54, 1.807) is 9.80 Å². The number of rotatable bonds is 3. The van der Waals surface area contributed by atoms with E-state index in [1.807, 2.05) is 20.8 Å². The minimum absolute atomic E-state index is 0.0417. The van der Waals surface area contributed by atoms with Gasteiger partial charge in [-0.3, -0.25) is 14.5 Å². The second-order valence-corrected chi connectivity index (χ2v) is 9.06. The van der Waals surface area contributed by atoms with Crippen molar-refractivity contribution in [1.82, 2.24) is 23.8 Å². The lowest BCUT2D eigenvalue weighted by atomic mass is 10.1. The SMILES string of the molecule is Cc1nsc(-c2nc(N3CCC(C)C3=O)c3n2CCN(C(=O)c2ccc(F)cc2)[C@@H]3C)n1. The van der Waals surface area contributed by atoms with Crippen LogP contribution in [0.2, 0.25) is 0 Å². The highest BCUT2D eigenvalue weighted by atomic mass is 32.1. The number of aryl methyl sites for hydroxylation is 1. The van der Waals surface area contributed by atoms with Gasteiger partial charge in [-0.05, 0) is 56.1 Å². The van der Waals surface area contributed by atoms with E-state index in [2.05, 4.69) is 13.9 Å². The summed E-state index contributed by atoms with van der Waals surface area (Å²) in [7, 11) is 0. The number of imidazole rings is 1. The minimum atomic E-state index is -0.382. The number of hydrogen-bond acceptors (Lipinski definition) is 6. The number of carbonyl (C=O) groups is 2. The van der Waals surface area contributed by atoms with E-state index >= 15 is 0 Å². The van der Waals surface area contributed by atoms with Gasteiger partial charge in [-0.1, -0.05) is 6.92 Å². The van der Waals surface area contributed by atoms with Gasteiger partial charge in [0.05, 0.1) is 11.7 Å². The Morgan fingerprint density at radius 2 is 1.88 bits per heavy atom. The fraction of sp³-hybridized carbons (Fsp3) is 0.409. The zero-order chi connectivity index (χ0) is 22.6. The van der Waals surface area contributed by atoms with Gasteiger partial charge in [0.2, 0.25) is 5.91 Å². The van der Waals surface area contributed by atoms with Crippen LogP contribution >= 0.6 is 11.5 Å². The van der Waals surface area contributed by atoms with Crippen LogP contribution in [0.1, 0.15) is 48.2 Å². The first-order chi connectivity index (χ1) is 15.3. The highest BCUT2D eigenvalue weighted by Crippen LogP contribution is 2.40. The second kappa shape index (κ2) is 7.77. The fourth-order valence-corrected chi connectivity index (χ4v) is 5.13. The fourth-order valence-electron chi connectivity index (χ4n) is 4.46. The molecule has 8 nitrogen and oxygen atoms in total. The molecule has 4 heterocycles. The van der Waals surface area contributed by atoms with Crippen molar-refractivity contribution in [3.8, 4) is 10.8 Å². The third-order valence-electron chi connectivity index (χ3n) is 6.21. The molecule has 0 radical (unpaired) electrons. The Morgan fingerprint density at radius 3 is 2.50 bits per heavy atom. The lowest BCUT2D eigenvalue weighted by molar-refractivity contribution is -0.119. The number of anilines is 1. The lowest BCUT2D eigenvalue weighted by Gasteiger charge is -2.36. The number of nitrogens with zero attached hydrogens (tertiary/aromatic N) is 6. The normalized spacial score (nSPS) is 20.7. The van der Waals surface area contributed by atoms with Gasteiger partial charge < -0.3 is 9.47 Å². The molecule has 3 aromatic rings. The first-order valence-corrected chi connectivity index (χ1v) is 11.4. The van der Waals surface area contributed by atoms with Crippen LogP contribution < -0.4 is 4.90 Å². The predicted octanol–water partition coefficient (Wildman–Crippen LogP) is 3.44. The maximum atomic E-state index is 13.3. The van der Waals surface area contributed by atoms with Gasteiger partial charge in [-0.2, -0.15) is 4.37 Å². The molecule has 0 spiro atoms. The number of halogens is 1. The summed E-state index contributed by atoms with van der Waals surface area (Å²) in [6, 6.07) is 5.25. The van der Waals surface area contributed by atoms with Crippen molar-refractivity contribution in [2.24, 2.45) is 5.92 Å². The van der Waals surface area contributed by atoms with Crippen LogP contribution in [0.5, 0.6) is 0 Å². The van der Waals surface area contributed by atoms with Crippen LogP contribution in [0.15, 0.2) is 24.3 Å². The molecule has 0 N–H and O–H groups in total. The van der Waals surface area contributed by atoms with E-state index in [1.165, 1.54) is 35.8 Å². The quantitative estimate of drug-likeness (QED) is 0.605. The zero-order valence-electron chi connectivity index (χ0n) is 18.1. The van der Waals surface area contributed by atoms with E-state index in [9.17, 15) is 14.0 Å². The molecule has 2 aliphatic heterocycles. The van der Waals surface area contributed by atoms with E-state index in [0.29, 0.717) is 47.7 Å². The summed E-state index contributed by atoms with van der Waals surface area (Å²) in [5, 5.41) is 0.695. The molecule has 0 aliphatic carbocycles. The smallest absolute Gasteiger partial charge is 0.254 e. The average Bonchev–Trinajstić information content (AvgIpc) is 3.46. The standard InChI is InChI=1S/C22H23FN6O2S/c1-12-8-9-29(21(12)30)18-17-13(2)27(22(31)15-4-6-16(23)7-5-15)10-11-28(17)19(25-18)20-24-14(3)26-32-20/h4-7,12-13H,8-11H2,1-3H3/t12?,13-/m1/s1. The van der Waals surface area contributed by atoms with Crippen LogP contribution in [-0.4, -0.2) is 48.7 Å². The Hall–Kier alpha value is -3.14. The Bertz CT molecular complexity index is 1200. The molecule has 166 valence electrons. The molecule has 2 amide bonds. The highest BCUT2D eigenvalue weighted by Gasteiger charge is 2.39. The third kappa shape index (κ3) is 3.29. The van der Waals surface area contributed by atoms with Gasteiger partial charge in [-0.15, -0.1) is 0 Å². The third-order valence-corrected chi connectivity index (χ3v) is 7.02. The molecule has 1 aromatic carbocycles. The molecule has 2 aliphatic rings. The van der Waals surface area contributed by atoms with E-state index in [0.717, 1.165) is 12.1 Å². The average molecular weight is 455 g/mol. The summed E-state index contributed by atoms with van der Waals surface area (Å²) in [6.45, 7) is 7.28. The molecule has 32 heavy (non-hydrogen) atoms. The van der Waals surface area contributed by atoms with Crippen LogP contribution in [0.4, 0.5) is 10.2 Å². The van der Waals surface area contributed by atoms with Crippen molar-refractivity contribution in [3.05, 3.63) is 47.2 Å². The Balaban J connectivity index is 1.58. The van der Waals surface area contributed by atoms with Gasteiger partial charge in [0.15, 0.2) is 16.6 Å². The summed E-state index contributed by atoms with van der Waals surface area (Å²) >= 11 is 1.28. The van der Waals surface area contributed by atoms with Gasteiger partial charge in [0.25, 0.3) is 5.91 Å². The van der Waals surface area contributed by atoms with E-state index < -0.39 is 0 Å². The number of amides is 2. The number of aromatic nitrogens is 4. The topological polar surface area (TPSA) is 84.2 Å². The van der Waals surface area contributed by atoms with Gasteiger partial charge >= 0.3 is 0 Å². The van der Waals surface area contributed by atoms with Gasteiger partial charge in [0.1, 0.15) is 11.6 Å². The van der Waals surface area contributed by atoms with Crippen LogP contribution in [0.3, 0.4) is 0 Å². The van der Waals surface area contributed by atoms with E-state index in [4.69, 9.17) is 4.98 Å². The molecular weight excluding hydrogens is 431 g/mol. The van der Waals surface area contributed by atoms with Crippen molar-refractivity contribution >= 4 is 29.2 Å². The zero-order valence-corrected chi connectivity index (χ0v) is 18.9. The van der Waals surface area contributed by atoms with Crippen molar-refractivity contribution in [3.63, 3.8) is 0 Å². The lowest BCUT2D eigenvalue weighted by Crippen LogP contribution is -2.42. The molecule has 1 fully saturated rings. The van der Waals surface area contributed by atoms with Crippen LogP contribution in [-0.2, 0) is 11.3 Å². The molecule has 1 saturated heterocycles. The molecule has 2 atom stereocenters. The molecule has 2 aromatic heterocycles. The molecule has 0 saturated carbocycles. The number of hydrogen-bond donors (Lipinski definition) is 0. The predicted molar refractivity (Wildman–Crippen MR) is 118 cm³/mol. The Kier molecular flexibility index (Phi) is 5.04. The Labute approximate surface area is 188 Å². The first kappa shape index (κ1) is 20.7. The van der Waals surface area contributed by atoms with Crippen molar-refractivity contribution in [2.75, 3.05) is 18.0 Å². The van der Waals surface area contributed by atoms with E-state index in [-0.39, 0.29) is 29.6 Å². The molecule has 10 heteroatoms. The molecule has 1 unspecified atom stereocenters. The van der Waals surface area contributed by atoms with Crippen molar-refractivity contribution < 1.29 is 14.0 Å². The highest BCUT2D eigenvalue weighted by molar-refractivity contribution is 7.09. The summed E-state index contributed by atoms with van der Waals surface area (Å²) in [5.74, 6) is 1.36. The second-order valence-electron chi connectivity index (χ2n) is 8.30. The maximum Gasteiger partial charge on any atom is 0.254 e. The van der Waals surface area contributed by atoms with Crippen molar-refractivity contribution in [2.45, 2.75) is 39.8 Å². The number of fused-ring (bicyclic) bond motifs is 1. The number of benzene rings is 1. The molecular formula is C22H23FN6O2S. The summed E-state index contributed by atoms with van der Waals surface area (Å²) < 4.78 is 19.7. The minimum Gasteiger partial charge on any atom is -0.328 e.